The zero-order chi connectivity index (χ0) is 10.8. The molecule has 0 spiro atoms. The van der Waals surface area contributed by atoms with E-state index in [1.807, 2.05) is 0 Å². The van der Waals surface area contributed by atoms with E-state index < -0.39 is 12.0 Å². The normalized spacial score (nSPS) is 13.8. The highest BCUT2D eigenvalue weighted by molar-refractivity contribution is 5.31. The van der Waals surface area contributed by atoms with Gasteiger partial charge in [0.2, 0.25) is 0 Å². The molecule has 0 aliphatic heterocycles. The van der Waals surface area contributed by atoms with Gasteiger partial charge in [-0.25, -0.2) is 0 Å². The van der Waals surface area contributed by atoms with Crippen LogP contribution in [0.15, 0.2) is 24.3 Å². The van der Waals surface area contributed by atoms with Crippen molar-refractivity contribution >= 4 is 0 Å². The summed E-state index contributed by atoms with van der Waals surface area (Å²) in [6.07, 6.45) is 0. The average Bonchev–Trinajstić information content (AvgIpc) is 2.17. The number of rotatable bonds is 3. The predicted molar refractivity (Wildman–Crippen MR) is 50.5 cm³/mol. The molecule has 0 aliphatic carbocycles. The average molecular weight is 201 g/mol. The molecule has 0 fully saturated rings. The Morgan fingerprint density at radius 2 is 2.07 bits per heavy atom. The molecule has 1 unspecified atom stereocenters. The fourth-order valence-corrected chi connectivity index (χ4v) is 1.09. The van der Waals surface area contributed by atoms with Crippen LogP contribution in [-0.4, -0.2) is 13.2 Å². The zero-order valence-electron chi connectivity index (χ0n) is 8.13. The highest BCUT2D eigenvalue weighted by atomic mass is 19.3. The van der Waals surface area contributed by atoms with Crippen LogP contribution in [0.5, 0.6) is 5.75 Å². The number of hydrogen-bond acceptors (Lipinski definition) is 2. The van der Waals surface area contributed by atoms with Crippen molar-refractivity contribution in [3.05, 3.63) is 29.8 Å². The first-order valence-corrected chi connectivity index (χ1v) is 4.26. The topological polar surface area (TPSA) is 35.2 Å². The lowest BCUT2D eigenvalue weighted by Gasteiger charge is -2.20. The number of methoxy groups -OCH3 is 1. The smallest absolute Gasteiger partial charge is 0.287 e. The molecule has 0 radical (unpaired) electrons. The van der Waals surface area contributed by atoms with Crippen LogP contribution >= 0.6 is 0 Å². The Kier molecular flexibility index (Phi) is 3.06. The Labute approximate surface area is 81.7 Å². The lowest BCUT2D eigenvalue weighted by Crippen LogP contribution is -2.35. The van der Waals surface area contributed by atoms with Crippen LogP contribution in [0.3, 0.4) is 0 Å². The molecule has 0 heterocycles. The van der Waals surface area contributed by atoms with E-state index in [1.54, 1.807) is 6.07 Å². The molecule has 4 heteroatoms. The minimum Gasteiger partial charge on any atom is -0.497 e. The Hall–Kier alpha value is -1.16. The first-order valence-electron chi connectivity index (χ1n) is 4.26. The number of alkyl halides is 2. The molecule has 0 aliphatic rings. The van der Waals surface area contributed by atoms with E-state index in [0.29, 0.717) is 5.75 Å². The van der Waals surface area contributed by atoms with Crippen molar-refractivity contribution in [1.82, 2.24) is 0 Å². The number of halogens is 2. The lowest BCUT2D eigenvalue weighted by atomic mass is 10.0. The van der Waals surface area contributed by atoms with Gasteiger partial charge in [0.25, 0.3) is 5.92 Å². The molecule has 0 bridgehead atoms. The maximum atomic E-state index is 13.4. The van der Waals surface area contributed by atoms with Gasteiger partial charge >= 0.3 is 0 Å². The fraction of sp³-hybridized carbons (Fsp3) is 0.400. The molecule has 78 valence electrons. The minimum absolute atomic E-state index is 0.119. The Balaban J connectivity index is 3.06. The van der Waals surface area contributed by atoms with E-state index in [-0.39, 0.29) is 5.56 Å². The molecule has 0 saturated heterocycles. The van der Waals surface area contributed by atoms with Gasteiger partial charge in [-0.1, -0.05) is 12.1 Å². The molecule has 1 atom stereocenters. The fourth-order valence-electron chi connectivity index (χ4n) is 1.09. The van der Waals surface area contributed by atoms with Gasteiger partial charge in [-0.15, -0.1) is 0 Å². The first kappa shape index (κ1) is 10.9. The molecule has 1 aromatic carbocycles. The maximum Gasteiger partial charge on any atom is 0.287 e. The molecule has 0 aromatic heterocycles. The number of nitrogens with two attached hydrogens (primary N) is 1. The standard InChI is InChI=1S/C10H13F2NO/c1-7(13)10(11,12)8-4-3-5-9(6-8)14-2/h3-7H,13H2,1-2H3. The highest BCUT2D eigenvalue weighted by Crippen LogP contribution is 2.32. The number of ether oxygens (including phenoxy) is 1. The van der Waals surface area contributed by atoms with Crippen LogP contribution in [-0.2, 0) is 5.92 Å². The third-order valence-corrected chi connectivity index (χ3v) is 2.03. The second-order valence-corrected chi connectivity index (χ2v) is 3.14. The van der Waals surface area contributed by atoms with Gasteiger partial charge in [0, 0.05) is 5.56 Å². The zero-order valence-corrected chi connectivity index (χ0v) is 8.13. The quantitative estimate of drug-likeness (QED) is 0.813. The Morgan fingerprint density at radius 3 is 2.57 bits per heavy atom. The van der Waals surface area contributed by atoms with Crippen LogP contribution in [0.2, 0.25) is 0 Å². The third kappa shape index (κ3) is 2.01. The maximum absolute atomic E-state index is 13.4. The van der Waals surface area contributed by atoms with Crippen LogP contribution in [0.1, 0.15) is 12.5 Å². The summed E-state index contributed by atoms with van der Waals surface area (Å²) < 4.78 is 31.7. The molecule has 2 N–H and O–H groups in total. The van der Waals surface area contributed by atoms with Gasteiger partial charge in [-0.2, -0.15) is 8.78 Å². The molecular weight excluding hydrogens is 188 g/mol. The summed E-state index contributed by atoms with van der Waals surface area (Å²) in [5.41, 5.74) is 5.08. The van der Waals surface area contributed by atoms with E-state index in [4.69, 9.17) is 10.5 Å². The molecule has 2 nitrogen and oxygen atoms in total. The first-order chi connectivity index (χ1) is 6.48. The summed E-state index contributed by atoms with van der Waals surface area (Å²) in [5, 5.41) is 0. The summed E-state index contributed by atoms with van der Waals surface area (Å²) in [5.74, 6) is -2.61. The van der Waals surface area contributed by atoms with Crippen LogP contribution in [0, 0.1) is 0 Å². The van der Waals surface area contributed by atoms with Gasteiger partial charge in [0.1, 0.15) is 5.75 Å². The SMILES string of the molecule is COc1cccc(C(F)(F)C(C)N)c1. The Bertz CT molecular complexity index is 313. The minimum atomic E-state index is -3.02. The number of hydrogen-bond donors (Lipinski definition) is 1. The lowest BCUT2D eigenvalue weighted by molar-refractivity contribution is -0.0258. The van der Waals surface area contributed by atoms with E-state index in [1.165, 1.54) is 32.2 Å². The van der Waals surface area contributed by atoms with Crippen molar-refractivity contribution in [3.8, 4) is 5.75 Å². The summed E-state index contributed by atoms with van der Waals surface area (Å²) in [6, 6.07) is 4.55. The number of benzene rings is 1. The van der Waals surface area contributed by atoms with Gasteiger partial charge in [0.05, 0.1) is 13.2 Å². The van der Waals surface area contributed by atoms with Crippen molar-refractivity contribution in [1.29, 1.82) is 0 Å². The molecule has 1 aromatic rings. The third-order valence-electron chi connectivity index (χ3n) is 2.03. The second-order valence-electron chi connectivity index (χ2n) is 3.14. The van der Waals surface area contributed by atoms with Crippen molar-refractivity contribution in [2.75, 3.05) is 7.11 Å². The van der Waals surface area contributed by atoms with Crippen molar-refractivity contribution in [2.24, 2.45) is 5.73 Å². The van der Waals surface area contributed by atoms with Gasteiger partial charge < -0.3 is 10.5 Å². The molecule has 0 saturated carbocycles. The highest BCUT2D eigenvalue weighted by Gasteiger charge is 2.36. The van der Waals surface area contributed by atoms with E-state index in [9.17, 15) is 8.78 Å². The summed E-state index contributed by atoms with van der Waals surface area (Å²) in [6.45, 7) is 1.28. The van der Waals surface area contributed by atoms with Crippen molar-refractivity contribution in [3.63, 3.8) is 0 Å². The van der Waals surface area contributed by atoms with E-state index >= 15 is 0 Å². The largest absolute Gasteiger partial charge is 0.497 e. The molecule has 0 amide bonds. The van der Waals surface area contributed by atoms with Crippen LogP contribution in [0.4, 0.5) is 8.78 Å². The second kappa shape index (κ2) is 3.92. The van der Waals surface area contributed by atoms with E-state index in [2.05, 4.69) is 0 Å². The Morgan fingerprint density at radius 1 is 1.43 bits per heavy atom. The van der Waals surface area contributed by atoms with Crippen molar-refractivity contribution < 1.29 is 13.5 Å². The van der Waals surface area contributed by atoms with Crippen molar-refractivity contribution in [2.45, 2.75) is 18.9 Å². The predicted octanol–water partition coefficient (Wildman–Crippen LogP) is 2.13. The summed E-state index contributed by atoms with van der Waals surface area (Å²) in [7, 11) is 1.43. The molecule has 14 heavy (non-hydrogen) atoms. The molecule has 1 rings (SSSR count). The van der Waals surface area contributed by atoms with E-state index in [0.717, 1.165) is 0 Å². The monoisotopic (exact) mass is 201 g/mol. The summed E-state index contributed by atoms with van der Waals surface area (Å²) in [4.78, 5) is 0. The van der Waals surface area contributed by atoms with Gasteiger partial charge in [-0.05, 0) is 19.1 Å². The van der Waals surface area contributed by atoms with Gasteiger partial charge in [-0.3, -0.25) is 0 Å². The van der Waals surface area contributed by atoms with Gasteiger partial charge in [0.15, 0.2) is 0 Å². The summed E-state index contributed by atoms with van der Waals surface area (Å²) >= 11 is 0. The van der Waals surface area contributed by atoms with Crippen LogP contribution in [0.25, 0.3) is 0 Å². The van der Waals surface area contributed by atoms with Crippen LogP contribution < -0.4 is 10.5 Å². The molecular formula is C10H13F2NO.